The van der Waals surface area contributed by atoms with Gasteiger partial charge in [0, 0.05) is 44.7 Å². The Morgan fingerprint density at radius 1 is 1.18 bits per heavy atom. The van der Waals surface area contributed by atoms with Crippen LogP contribution in [0.5, 0.6) is 11.5 Å². The van der Waals surface area contributed by atoms with Crippen molar-refractivity contribution in [2.45, 2.75) is 32.4 Å². The second kappa shape index (κ2) is 9.78. The van der Waals surface area contributed by atoms with E-state index in [2.05, 4.69) is 15.6 Å². The zero-order chi connectivity index (χ0) is 19.8. The summed E-state index contributed by atoms with van der Waals surface area (Å²) >= 11 is 0. The number of amides is 1. The van der Waals surface area contributed by atoms with E-state index in [-0.39, 0.29) is 11.9 Å². The number of aliphatic imine (C=N–C) groups is 1. The number of carbonyl (C=O) groups excluding carboxylic acids is 1. The number of likely N-dealkylation sites (tertiary alicyclic amines) is 1. The van der Waals surface area contributed by atoms with Crippen LogP contribution in [0.25, 0.3) is 0 Å². The van der Waals surface area contributed by atoms with E-state index < -0.39 is 0 Å². The molecule has 6 nitrogen and oxygen atoms in total. The normalized spacial score (nSPS) is 16.7. The lowest BCUT2D eigenvalue weighted by molar-refractivity contribution is -0.129. The van der Waals surface area contributed by atoms with Gasteiger partial charge in [0.25, 0.3) is 0 Å². The number of carbonyl (C=O) groups is 1. The minimum atomic E-state index is 0.208. The number of rotatable bonds is 6. The van der Waals surface area contributed by atoms with Gasteiger partial charge in [0.05, 0.1) is 0 Å². The Hall–Kier alpha value is -3.02. The molecule has 0 bridgehead atoms. The first-order valence-electron chi connectivity index (χ1n) is 9.75. The molecule has 1 aliphatic heterocycles. The van der Waals surface area contributed by atoms with Crippen LogP contribution < -0.4 is 15.4 Å². The molecule has 1 saturated heterocycles. The Kier molecular flexibility index (Phi) is 6.89. The smallest absolute Gasteiger partial charge is 0.222 e. The third-order valence-corrected chi connectivity index (χ3v) is 4.80. The molecule has 2 N–H and O–H groups in total. The van der Waals surface area contributed by atoms with Crippen molar-refractivity contribution in [1.29, 1.82) is 0 Å². The number of benzene rings is 2. The van der Waals surface area contributed by atoms with Crippen molar-refractivity contribution in [3.63, 3.8) is 0 Å². The van der Waals surface area contributed by atoms with E-state index in [1.807, 2.05) is 66.4 Å². The summed E-state index contributed by atoms with van der Waals surface area (Å²) in [4.78, 5) is 18.1. The Morgan fingerprint density at radius 2 is 1.93 bits per heavy atom. The van der Waals surface area contributed by atoms with Crippen LogP contribution in [0.2, 0.25) is 0 Å². The third-order valence-electron chi connectivity index (χ3n) is 4.80. The van der Waals surface area contributed by atoms with Gasteiger partial charge in [-0.2, -0.15) is 0 Å². The van der Waals surface area contributed by atoms with Crippen molar-refractivity contribution >= 4 is 11.9 Å². The largest absolute Gasteiger partial charge is 0.457 e. The van der Waals surface area contributed by atoms with Gasteiger partial charge in [-0.1, -0.05) is 43.3 Å². The maximum Gasteiger partial charge on any atom is 0.222 e. The first-order chi connectivity index (χ1) is 13.7. The van der Waals surface area contributed by atoms with E-state index in [0.29, 0.717) is 13.0 Å². The summed E-state index contributed by atoms with van der Waals surface area (Å²) in [5.41, 5.74) is 1.04. The fourth-order valence-corrected chi connectivity index (χ4v) is 3.26. The van der Waals surface area contributed by atoms with Crippen molar-refractivity contribution in [1.82, 2.24) is 15.5 Å². The van der Waals surface area contributed by atoms with Crippen molar-refractivity contribution in [3.05, 3.63) is 60.2 Å². The van der Waals surface area contributed by atoms with Crippen molar-refractivity contribution in [2.24, 2.45) is 4.99 Å². The van der Waals surface area contributed by atoms with Gasteiger partial charge >= 0.3 is 0 Å². The summed E-state index contributed by atoms with van der Waals surface area (Å²) in [5.74, 6) is 2.56. The molecule has 0 aromatic heterocycles. The van der Waals surface area contributed by atoms with Gasteiger partial charge in [-0.3, -0.25) is 9.79 Å². The van der Waals surface area contributed by atoms with Crippen LogP contribution in [0.15, 0.2) is 59.6 Å². The number of nitrogens with zero attached hydrogens (tertiary/aromatic N) is 2. The highest BCUT2D eigenvalue weighted by Crippen LogP contribution is 2.24. The Morgan fingerprint density at radius 3 is 2.68 bits per heavy atom. The van der Waals surface area contributed by atoms with Gasteiger partial charge in [0.2, 0.25) is 5.91 Å². The van der Waals surface area contributed by atoms with Gasteiger partial charge in [0.15, 0.2) is 5.96 Å². The summed E-state index contributed by atoms with van der Waals surface area (Å²) in [7, 11) is 1.76. The maximum atomic E-state index is 11.9. The van der Waals surface area contributed by atoms with E-state index in [1.165, 1.54) is 0 Å². The molecule has 1 fully saturated rings. The molecule has 0 aliphatic carbocycles. The molecular weight excluding hydrogens is 352 g/mol. The molecule has 0 radical (unpaired) electrons. The van der Waals surface area contributed by atoms with Crippen LogP contribution in [0.1, 0.15) is 25.3 Å². The van der Waals surface area contributed by atoms with Crippen LogP contribution in [-0.4, -0.2) is 42.9 Å². The van der Waals surface area contributed by atoms with E-state index in [1.54, 1.807) is 7.05 Å². The molecule has 1 amide bonds. The fraction of sp³-hybridized carbons (Fsp3) is 0.364. The molecule has 2 aromatic carbocycles. The van der Waals surface area contributed by atoms with Crippen LogP contribution in [0.4, 0.5) is 0 Å². The highest BCUT2D eigenvalue weighted by molar-refractivity contribution is 5.80. The topological polar surface area (TPSA) is 66.0 Å². The van der Waals surface area contributed by atoms with Gasteiger partial charge < -0.3 is 20.3 Å². The van der Waals surface area contributed by atoms with Crippen LogP contribution in [0.3, 0.4) is 0 Å². The van der Waals surface area contributed by atoms with Gasteiger partial charge in [0.1, 0.15) is 11.5 Å². The van der Waals surface area contributed by atoms with Gasteiger partial charge in [-0.05, 0) is 24.6 Å². The molecule has 28 heavy (non-hydrogen) atoms. The predicted octanol–water partition coefficient (Wildman–Crippen LogP) is 3.15. The van der Waals surface area contributed by atoms with Crippen LogP contribution >= 0.6 is 0 Å². The Bertz CT molecular complexity index is 807. The molecule has 6 heteroatoms. The first kappa shape index (κ1) is 19.7. The Balaban J connectivity index is 1.56. The molecule has 3 rings (SSSR count). The number of hydrogen-bond donors (Lipinski definition) is 2. The highest BCUT2D eigenvalue weighted by atomic mass is 16.5. The molecule has 1 aliphatic rings. The minimum absolute atomic E-state index is 0.208. The van der Waals surface area contributed by atoms with Crippen molar-refractivity contribution in [3.8, 4) is 11.5 Å². The van der Waals surface area contributed by atoms with Crippen LogP contribution in [0, 0.1) is 0 Å². The molecule has 0 saturated carbocycles. The summed E-state index contributed by atoms with van der Waals surface area (Å²) < 4.78 is 6.02. The number of para-hydroxylation sites is 2. The van der Waals surface area contributed by atoms with Crippen LogP contribution in [-0.2, 0) is 11.3 Å². The summed E-state index contributed by atoms with van der Waals surface area (Å²) in [6.07, 6.45) is 1.48. The van der Waals surface area contributed by atoms with E-state index >= 15 is 0 Å². The lowest BCUT2D eigenvalue weighted by Crippen LogP contribution is -2.44. The molecular formula is C22H28N4O2. The van der Waals surface area contributed by atoms with Gasteiger partial charge in [-0.25, -0.2) is 0 Å². The quantitative estimate of drug-likeness (QED) is 0.597. The lowest BCUT2D eigenvalue weighted by atomic mass is 10.2. The predicted molar refractivity (Wildman–Crippen MR) is 112 cm³/mol. The average molecular weight is 380 g/mol. The Labute approximate surface area is 166 Å². The van der Waals surface area contributed by atoms with Gasteiger partial charge in [-0.15, -0.1) is 0 Å². The summed E-state index contributed by atoms with van der Waals surface area (Å²) in [5, 5.41) is 6.77. The molecule has 1 atom stereocenters. The number of nitrogens with one attached hydrogen (secondary N) is 2. The molecule has 1 heterocycles. The summed E-state index contributed by atoms with van der Waals surface area (Å²) in [6.45, 7) is 4.02. The average Bonchev–Trinajstić information content (AvgIpc) is 3.21. The monoisotopic (exact) mass is 380 g/mol. The van der Waals surface area contributed by atoms with Crippen molar-refractivity contribution in [2.75, 3.05) is 20.1 Å². The molecule has 1 unspecified atom stereocenters. The third kappa shape index (κ3) is 5.25. The number of ether oxygens (including phenoxy) is 1. The first-order valence-corrected chi connectivity index (χ1v) is 9.75. The highest BCUT2D eigenvalue weighted by Gasteiger charge is 2.25. The molecule has 0 spiro atoms. The van der Waals surface area contributed by atoms with E-state index in [9.17, 15) is 4.79 Å². The molecule has 148 valence electrons. The second-order valence-corrected chi connectivity index (χ2v) is 6.77. The fourth-order valence-electron chi connectivity index (χ4n) is 3.26. The van der Waals surface area contributed by atoms with E-state index in [0.717, 1.165) is 42.5 Å². The zero-order valence-electron chi connectivity index (χ0n) is 16.5. The summed E-state index contributed by atoms with van der Waals surface area (Å²) in [6, 6.07) is 17.9. The number of hydrogen-bond acceptors (Lipinski definition) is 3. The standard InChI is InChI=1S/C22H28N4O2/c1-3-21(27)26-14-13-18(16-26)25-22(23-2)24-15-17-9-7-8-12-20(17)28-19-10-5-4-6-11-19/h4-12,18H,3,13-16H2,1-2H3,(H2,23,24,25). The van der Waals surface area contributed by atoms with Crippen molar-refractivity contribution < 1.29 is 9.53 Å². The molecule has 2 aromatic rings. The maximum absolute atomic E-state index is 11.9. The second-order valence-electron chi connectivity index (χ2n) is 6.77. The minimum Gasteiger partial charge on any atom is -0.457 e. The number of guanidine groups is 1. The van der Waals surface area contributed by atoms with E-state index in [4.69, 9.17) is 4.74 Å². The lowest BCUT2D eigenvalue weighted by Gasteiger charge is -2.19. The zero-order valence-corrected chi connectivity index (χ0v) is 16.5. The SMILES string of the molecule is CCC(=O)N1CCC(NC(=NC)NCc2ccccc2Oc2ccccc2)C1.